The summed E-state index contributed by atoms with van der Waals surface area (Å²) in [4.78, 5) is 0. The Morgan fingerprint density at radius 1 is 0.929 bits per heavy atom. The predicted octanol–water partition coefficient (Wildman–Crippen LogP) is 1.59. The molecule has 0 amide bonds. The van der Waals surface area contributed by atoms with Gasteiger partial charge in [-0.3, -0.25) is 0 Å². The topological polar surface area (TPSA) is 46.2 Å². The van der Waals surface area contributed by atoms with Crippen LogP contribution in [0.1, 0.15) is 39.5 Å². The second-order valence-electron chi connectivity index (χ2n) is 3.61. The number of hydrogen-bond donors (Lipinski definition) is 1. The largest absolute Gasteiger partial charge is 0.317 e. The van der Waals surface area contributed by atoms with Gasteiger partial charge in [-0.15, -0.1) is 0 Å². The second-order valence-corrected chi connectivity index (χ2v) is 5.91. The summed E-state index contributed by atoms with van der Waals surface area (Å²) in [5.74, 6) is 0.695. The van der Waals surface area contributed by atoms with Crippen LogP contribution in [0.25, 0.3) is 0 Å². The fraction of sp³-hybridized carbons (Fsp3) is 1.00. The summed E-state index contributed by atoms with van der Waals surface area (Å²) in [7, 11) is -2.77. The van der Waals surface area contributed by atoms with Gasteiger partial charge < -0.3 is 5.32 Å². The minimum Gasteiger partial charge on any atom is -0.317 e. The average Bonchev–Trinajstić information content (AvgIpc) is 2.15. The van der Waals surface area contributed by atoms with Crippen LogP contribution in [-0.4, -0.2) is 33.0 Å². The van der Waals surface area contributed by atoms with Crippen LogP contribution in [0.5, 0.6) is 0 Å². The standard InChI is InChI=1S/C10H23NO2S/c1-3-5-9-14(12,13)10-6-8-11-7-4-2/h11H,3-10H2,1-2H3. The van der Waals surface area contributed by atoms with Crippen molar-refractivity contribution < 1.29 is 8.42 Å². The highest BCUT2D eigenvalue weighted by Gasteiger charge is 2.08. The maximum atomic E-state index is 11.4. The zero-order chi connectivity index (χ0) is 10.9. The van der Waals surface area contributed by atoms with Crippen molar-refractivity contribution in [1.29, 1.82) is 0 Å². The third-order valence-electron chi connectivity index (χ3n) is 2.04. The smallest absolute Gasteiger partial charge is 0.150 e. The minimum atomic E-state index is -2.77. The fourth-order valence-electron chi connectivity index (χ4n) is 1.19. The van der Waals surface area contributed by atoms with E-state index in [-0.39, 0.29) is 0 Å². The van der Waals surface area contributed by atoms with Gasteiger partial charge in [0.15, 0.2) is 0 Å². The van der Waals surface area contributed by atoms with E-state index in [4.69, 9.17) is 0 Å². The summed E-state index contributed by atoms with van der Waals surface area (Å²) in [6.45, 7) is 5.91. The van der Waals surface area contributed by atoms with Crippen LogP contribution in [0.15, 0.2) is 0 Å². The van der Waals surface area contributed by atoms with E-state index in [1.165, 1.54) is 0 Å². The molecule has 0 saturated carbocycles. The van der Waals surface area contributed by atoms with Gasteiger partial charge in [-0.2, -0.15) is 0 Å². The lowest BCUT2D eigenvalue weighted by molar-refractivity contribution is 0.585. The van der Waals surface area contributed by atoms with Crippen molar-refractivity contribution in [2.24, 2.45) is 0 Å². The first-order chi connectivity index (χ1) is 6.62. The van der Waals surface area contributed by atoms with Crippen molar-refractivity contribution in [1.82, 2.24) is 5.32 Å². The molecule has 0 saturated heterocycles. The van der Waals surface area contributed by atoms with E-state index in [0.29, 0.717) is 11.5 Å². The molecule has 0 aliphatic carbocycles. The summed E-state index contributed by atoms with van der Waals surface area (Å²) in [5.41, 5.74) is 0. The van der Waals surface area contributed by atoms with Crippen molar-refractivity contribution >= 4 is 9.84 Å². The molecule has 0 aromatic heterocycles. The Bertz CT molecular complexity index is 212. The minimum absolute atomic E-state index is 0.337. The molecule has 0 bridgehead atoms. The van der Waals surface area contributed by atoms with Gasteiger partial charge in [0.25, 0.3) is 0 Å². The van der Waals surface area contributed by atoms with E-state index in [0.717, 1.165) is 38.8 Å². The molecule has 4 heteroatoms. The maximum Gasteiger partial charge on any atom is 0.150 e. The van der Waals surface area contributed by atoms with E-state index < -0.39 is 9.84 Å². The normalized spacial score (nSPS) is 11.9. The summed E-state index contributed by atoms with van der Waals surface area (Å²) in [6.07, 6.45) is 3.59. The molecule has 0 atom stereocenters. The second kappa shape index (κ2) is 8.24. The molecule has 0 rings (SSSR count). The summed E-state index contributed by atoms with van der Waals surface area (Å²) < 4.78 is 22.8. The first kappa shape index (κ1) is 13.9. The molecule has 0 aliphatic heterocycles. The lowest BCUT2D eigenvalue weighted by Gasteiger charge is -2.04. The van der Waals surface area contributed by atoms with Crippen molar-refractivity contribution in [2.75, 3.05) is 24.6 Å². The summed E-state index contributed by atoms with van der Waals surface area (Å²) >= 11 is 0. The van der Waals surface area contributed by atoms with E-state index in [2.05, 4.69) is 12.2 Å². The Kier molecular flexibility index (Phi) is 8.18. The summed E-state index contributed by atoms with van der Waals surface area (Å²) in [6, 6.07) is 0. The monoisotopic (exact) mass is 221 g/mol. The van der Waals surface area contributed by atoms with Crippen molar-refractivity contribution in [3.63, 3.8) is 0 Å². The van der Waals surface area contributed by atoms with Crippen molar-refractivity contribution in [3.05, 3.63) is 0 Å². The maximum absolute atomic E-state index is 11.4. The van der Waals surface area contributed by atoms with Crippen LogP contribution in [0.2, 0.25) is 0 Å². The first-order valence-electron chi connectivity index (χ1n) is 5.53. The average molecular weight is 221 g/mol. The van der Waals surface area contributed by atoms with Gasteiger partial charge in [-0.25, -0.2) is 8.42 Å². The molecule has 0 aromatic rings. The Labute approximate surface area is 88.2 Å². The van der Waals surface area contributed by atoms with Crippen LogP contribution in [-0.2, 0) is 9.84 Å². The Hall–Kier alpha value is -0.0900. The van der Waals surface area contributed by atoms with E-state index in [9.17, 15) is 8.42 Å². The highest BCUT2D eigenvalue weighted by molar-refractivity contribution is 7.91. The van der Waals surface area contributed by atoms with Gasteiger partial charge in [0.1, 0.15) is 9.84 Å². The molecule has 0 unspecified atom stereocenters. The molecule has 1 N–H and O–H groups in total. The van der Waals surface area contributed by atoms with Crippen molar-refractivity contribution in [3.8, 4) is 0 Å². The van der Waals surface area contributed by atoms with Crippen LogP contribution in [0, 0.1) is 0 Å². The number of nitrogens with one attached hydrogen (secondary N) is 1. The molecule has 86 valence electrons. The molecular weight excluding hydrogens is 198 g/mol. The quantitative estimate of drug-likeness (QED) is 0.601. The lowest BCUT2D eigenvalue weighted by atomic mass is 10.4. The number of unbranched alkanes of at least 4 members (excludes halogenated alkanes) is 1. The molecule has 0 radical (unpaired) electrons. The Morgan fingerprint density at radius 2 is 1.57 bits per heavy atom. The summed E-state index contributed by atoms with van der Waals surface area (Å²) in [5, 5.41) is 3.20. The molecule has 0 fully saturated rings. The van der Waals surface area contributed by atoms with Crippen LogP contribution in [0.3, 0.4) is 0 Å². The molecule has 0 spiro atoms. The predicted molar refractivity (Wildman–Crippen MR) is 61.3 cm³/mol. The first-order valence-corrected chi connectivity index (χ1v) is 7.35. The van der Waals surface area contributed by atoms with E-state index in [1.54, 1.807) is 0 Å². The molecule has 0 aromatic carbocycles. The number of rotatable bonds is 9. The van der Waals surface area contributed by atoms with Crippen LogP contribution >= 0.6 is 0 Å². The van der Waals surface area contributed by atoms with Gasteiger partial charge in [-0.1, -0.05) is 20.3 Å². The molecule has 0 heterocycles. The Morgan fingerprint density at radius 3 is 2.14 bits per heavy atom. The van der Waals surface area contributed by atoms with Crippen LogP contribution < -0.4 is 5.32 Å². The highest BCUT2D eigenvalue weighted by Crippen LogP contribution is 1.98. The third kappa shape index (κ3) is 8.51. The molecule has 0 aliphatic rings. The number of sulfone groups is 1. The zero-order valence-corrected chi connectivity index (χ0v) is 10.2. The highest BCUT2D eigenvalue weighted by atomic mass is 32.2. The van der Waals surface area contributed by atoms with Crippen molar-refractivity contribution in [2.45, 2.75) is 39.5 Å². The Balaban J connectivity index is 3.46. The molecule has 3 nitrogen and oxygen atoms in total. The van der Waals surface area contributed by atoms with Gasteiger partial charge in [0.05, 0.1) is 11.5 Å². The van der Waals surface area contributed by atoms with Gasteiger partial charge in [0.2, 0.25) is 0 Å². The molecular formula is C10H23NO2S. The molecule has 14 heavy (non-hydrogen) atoms. The van der Waals surface area contributed by atoms with E-state index in [1.807, 2.05) is 6.92 Å². The fourth-order valence-corrected chi connectivity index (χ4v) is 2.70. The third-order valence-corrected chi connectivity index (χ3v) is 3.87. The van der Waals surface area contributed by atoms with Gasteiger partial charge in [0, 0.05) is 0 Å². The number of hydrogen-bond acceptors (Lipinski definition) is 3. The van der Waals surface area contributed by atoms with E-state index >= 15 is 0 Å². The zero-order valence-electron chi connectivity index (χ0n) is 9.38. The SMILES string of the molecule is CCCCS(=O)(=O)CCCNCCC. The van der Waals surface area contributed by atoms with Gasteiger partial charge in [-0.05, 0) is 32.4 Å². The van der Waals surface area contributed by atoms with Crippen LogP contribution in [0.4, 0.5) is 0 Å². The lowest BCUT2D eigenvalue weighted by Crippen LogP contribution is -2.20. The van der Waals surface area contributed by atoms with Gasteiger partial charge >= 0.3 is 0 Å².